The van der Waals surface area contributed by atoms with Crippen molar-refractivity contribution in [3.8, 4) is 5.75 Å². The molecule has 1 aliphatic heterocycles. The molecular weight excluding hydrogens is 354 g/mol. The Kier molecular flexibility index (Phi) is 5.38. The van der Waals surface area contributed by atoms with Crippen LogP contribution in [-0.4, -0.2) is 69.5 Å². The molecule has 27 heavy (non-hydrogen) atoms. The van der Waals surface area contributed by atoms with Crippen LogP contribution in [0, 0.1) is 6.92 Å². The lowest BCUT2D eigenvalue weighted by Gasteiger charge is -2.38. The van der Waals surface area contributed by atoms with E-state index in [0.29, 0.717) is 30.1 Å². The maximum Gasteiger partial charge on any atom is 0.407 e. The van der Waals surface area contributed by atoms with Crippen LogP contribution in [0.3, 0.4) is 0 Å². The Morgan fingerprint density at radius 2 is 2.07 bits per heavy atom. The van der Waals surface area contributed by atoms with Gasteiger partial charge in [-0.15, -0.1) is 0 Å². The van der Waals surface area contributed by atoms with Crippen LogP contribution in [0.15, 0.2) is 16.5 Å². The van der Waals surface area contributed by atoms with Gasteiger partial charge in [0, 0.05) is 38.0 Å². The van der Waals surface area contributed by atoms with Gasteiger partial charge in [-0.05, 0) is 19.1 Å². The lowest BCUT2D eigenvalue weighted by atomic mass is 10.1. The fourth-order valence-corrected chi connectivity index (χ4v) is 3.29. The zero-order chi connectivity index (χ0) is 19.6. The van der Waals surface area contributed by atoms with Gasteiger partial charge in [-0.1, -0.05) is 6.92 Å². The van der Waals surface area contributed by atoms with E-state index in [9.17, 15) is 14.7 Å². The first kappa shape index (κ1) is 18.8. The fraction of sp³-hybridized carbons (Fsp3) is 0.500. The Labute approximate surface area is 156 Å². The molecule has 0 spiro atoms. The van der Waals surface area contributed by atoms with Gasteiger partial charge < -0.3 is 29.2 Å². The lowest BCUT2D eigenvalue weighted by Crippen LogP contribution is -2.56. The van der Waals surface area contributed by atoms with Crippen LogP contribution in [0.25, 0.3) is 11.1 Å². The van der Waals surface area contributed by atoms with Crippen LogP contribution in [0.2, 0.25) is 0 Å². The van der Waals surface area contributed by atoms with Crippen molar-refractivity contribution in [2.24, 2.45) is 0 Å². The highest BCUT2D eigenvalue weighted by Crippen LogP contribution is 2.28. The summed E-state index contributed by atoms with van der Waals surface area (Å²) in [7, 11) is 0. The van der Waals surface area contributed by atoms with E-state index in [1.807, 2.05) is 26.0 Å². The van der Waals surface area contributed by atoms with Crippen molar-refractivity contribution in [2.75, 3.05) is 26.2 Å². The van der Waals surface area contributed by atoms with Gasteiger partial charge in [0.25, 0.3) is 0 Å². The van der Waals surface area contributed by atoms with Gasteiger partial charge in [0.2, 0.25) is 0 Å². The highest BCUT2D eigenvalue weighted by molar-refractivity contribution is 5.78. The Hall–Kier alpha value is -2.97. The molecule has 3 rings (SSSR count). The third kappa shape index (κ3) is 3.91. The van der Waals surface area contributed by atoms with Crippen molar-refractivity contribution >= 4 is 23.3 Å². The number of amides is 2. The molecule has 0 bridgehead atoms. The van der Waals surface area contributed by atoms with E-state index in [1.54, 1.807) is 0 Å². The minimum Gasteiger partial charge on any atom is -0.493 e. The molecule has 1 fully saturated rings. The van der Waals surface area contributed by atoms with Crippen LogP contribution in [-0.2, 0) is 6.42 Å². The summed E-state index contributed by atoms with van der Waals surface area (Å²) in [5.74, 6) is 1.31. The summed E-state index contributed by atoms with van der Waals surface area (Å²) >= 11 is 0. The molecule has 1 saturated heterocycles. The summed E-state index contributed by atoms with van der Waals surface area (Å²) in [4.78, 5) is 29.5. The fourth-order valence-electron chi connectivity index (χ4n) is 3.29. The van der Waals surface area contributed by atoms with Crippen molar-refractivity contribution in [3.05, 3.63) is 23.6 Å². The first-order valence-corrected chi connectivity index (χ1v) is 8.90. The van der Waals surface area contributed by atoms with Crippen molar-refractivity contribution < 1.29 is 29.0 Å². The first-order valence-electron chi connectivity index (χ1n) is 8.90. The second kappa shape index (κ2) is 7.73. The van der Waals surface area contributed by atoms with Crippen molar-refractivity contribution in [1.29, 1.82) is 0 Å². The number of hydrogen-bond donors (Lipinski definition) is 2. The minimum atomic E-state index is -1.05. The van der Waals surface area contributed by atoms with Gasteiger partial charge in [0.1, 0.15) is 11.3 Å². The van der Waals surface area contributed by atoms with Gasteiger partial charge in [0.15, 0.2) is 11.5 Å². The molecule has 2 aromatic rings. The number of carbonyl (C=O) groups is 2. The Morgan fingerprint density at radius 3 is 2.74 bits per heavy atom. The first-order chi connectivity index (χ1) is 12.9. The predicted molar refractivity (Wildman–Crippen MR) is 96.4 cm³/mol. The number of benzene rings is 1. The molecule has 0 unspecified atom stereocenters. The summed E-state index contributed by atoms with van der Waals surface area (Å²) in [5.41, 5.74) is 2.30. The Bertz CT molecular complexity index is 849. The average Bonchev–Trinajstić information content (AvgIpc) is 3.07. The van der Waals surface area contributed by atoms with Crippen molar-refractivity contribution in [2.45, 2.75) is 32.7 Å². The van der Waals surface area contributed by atoms with Crippen LogP contribution in [0.4, 0.5) is 9.59 Å². The zero-order valence-electron chi connectivity index (χ0n) is 15.3. The SMILES string of the molecule is CCc1nc2ccc(OCC[C@@H]3CN(C(=O)O)CCN3C(=O)O)c(C)c2o1. The molecule has 1 aromatic carbocycles. The highest BCUT2D eigenvalue weighted by atomic mass is 16.5. The number of fused-ring (bicyclic) bond motifs is 1. The van der Waals surface area contributed by atoms with Crippen LogP contribution in [0.1, 0.15) is 24.8 Å². The quantitative estimate of drug-likeness (QED) is 0.823. The molecule has 0 radical (unpaired) electrons. The van der Waals surface area contributed by atoms with E-state index >= 15 is 0 Å². The standard InChI is InChI=1S/C18H23N3O6/c1-3-15-19-13-4-5-14(11(2)16(13)27-15)26-9-6-12-10-20(17(22)23)7-8-21(12)18(24)25/h4-5,12H,3,6-10H2,1-2H3,(H,22,23)(H,24,25)/t12-/m1/s1. The van der Waals surface area contributed by atoms with Crippen molar-refractivity contribution in [1.82, 2.24) is 14.8 Å². The third-order valence-corrected chi connectivity index (χ3v) is 4.81. The average molecular weight is 377 g/mol. The number of carboxylic acid groups (broad SMARTS) is 2. The summed E-state index contributed by atoms with van der Waals surface area (Å²) in [6.45, 7) is 4.61. The topological polar surface area (TPSA) is 116 Å². The van der Waals surface area contributed by atoms with E-state index < -0.39 is 18.2 Å². The second-order valence-corrected chi connectivity index (χ2v) is 6.49. The molecule has 1 aliphatic rings. The van der Waals surface area contributed by atoms with E-state index in [-0.39, 0.29) is 26.2 Å². The molecule has 1 atom stereocenters. The Balaban J connectivity index is 1.67. The smallest absolute Gasteiger partial charge is 0.407 e. The summed E-state index contributed by atoms with van der Waals surface area (Å²) in [5, 5.41) is 18.5. The van der Waals surface area contributed by atoms with Crippen molar-refractivity contribution in [3.63, 3.8) is 0 Å². The molecule has 9 heteroatoms. The molecule has 1 aromatic heterocycles. The summed E-state index contributed by atoms with van der Waals surface area (Å²) < 4.78 is 11.6. The molecule has 2 heterocycles. The molecular formula is C18H23N3O6. The number of hydrogen-bond acceptors (Lipinski definition) is 5. The number of rotatable bonds is 5. The molecule has 0 saturated carbocycles. The van der Waals surface area contributed by atoms with Gasteiger partial charge in [-0.2, -0.15) is 0 Å². The zero-order valence-corrected chi connectivity index (χ0v) is 15.3. The largest absolute Gasteiger partial charge is 0.493 e. The minimum absolute atomic E-state index is 0.144. The van der Waals surface area contributed by atoms with Crippen LogP contribution >= 0.6 is 0 Å². The normalized spacial score (nSPS) is 17.3. The Morgan fingerprint density at radius 1 is 1.30 bits per heavy atom. The van der Waals surface area contributed by atoms with Crippen LogP contribution in [0.5, 0.6) is 5.75 Å². The number of aromatic nitrogens is 1. The molecule has 9 nitrogen and oxygen atoms in total. The number of aryl methyl sites for hydroxylation is 2. The lowest BCUT2D eigenvalue weighted by molar-refractivity contribution is 0.0562. The van der Waals surface area contributed by atoms with Gasteiger partial charge >= 0.3 is 12.2 Å². The van der Waals surface area contributed by atoms with E-state index in [2.05, 4.69) is 4.98 Å². The molecule has 2 amide bonds. The van der Waals surface area contributed by atoms with E-state index in [0.717, 1.165) is 11.1 Å². The third-order valence-electron chi connectivity index (χ3n) is 4.81. The van der Waals surface area contributed by atoms with E-state index in [4.69, 9.17) is 14.3 Å². The highest BCUT2D eigenvalue weighted by Gasteiger charge is 2.32. The van der Waals surface area contributed by atoms with Gasteiger partial charge in [-0.3, -0.25) is 0 Å². The van der Waals surface area contributed by atoms with E-state index in [1.165, 1.54) is 9.80 Å². The van der Waals surface area contributed by atoms with Gasteiger partial charge in [-0.25, -0.2) is 14.6 Å². The number of nitrogens with zero attached hydrogens (tertiary/aromatic N) is 3. The monoisotopic (exact) mass is 377 g/mol. The molecule has 2 N–H and O–H groups in total. The molecule has 0 aliphatic carbocycles. The summed E-state index contributed by atoms with van der Waals surface area (Å²) in [6, 6.07) is 3.21. The number of piperazine rings is 1. The predicted octanol–water partition coefficient (Wildman–Crippen LogP) is 2.81. The number of ether oxygens (including phenoxy) is 1. The second-order valence-electron chi connectivity index (χ2n) is 6.49. The molecule has 146 valence electrons. The number of oxazole rings is 1. The van der Waals surface area contributed by atoms with Gasteiger partial charge in [0.05, 0.1) is 12.6 Å². The maximum atomic E-state index is 11.4. The van der Waals surface area contributed by atoms with Crippen LogP contribution < -0.4 is 4.74 Å². The summed E-state index contributed by atoms with van der Waals surface area (Å²) in [6.07, 6.45) is -0.984. The maximum absolute atomic E-state index is 11.4.